The zero-order chi connectivity index (χ0) is 20.8. The summed E-state index contributed by atoms with van der Waals surface area (Å²) in [6.45, 7) is 4.50. The summed E-state index contributed by atoms with van der Waals surface area (Å²) in [5.41, 5.74) is 1.25. The van der Waals surface area contributed by atoms with E-state index in [9.17, 15) is 9.59 Å². The summed E-state index contributed by atoms with van der Waals surface area (Å²) in [6.07, 6.45) is 0. The van der Waals surface area contributed by atoms with Crippen molar-refractivity contribution in [1.82, 2.24) is 20.1 Å². The van der Waals surface area contributed by atoms with Crippen molar-refractivity contribution in [3.8, 4) is 0 Å². The van der Waals surface area contributed by atoms with Gasteiger partial charge in [-0.2, -0.15) is 0 Å². The fourth-order valence-corrected chi connectivity index (χ4v) is 3.98. The normalized spacial score (nSPS) is 11.8. The van der Waals surface area contributed by atoms with Crippen LogP contribution in [0.25, 0.3) is 0 Å². The van der Waals surface area contributed by atoms with Crippen molar-refractivity contribution in [2.75, 3.05) is 5.75 Å². The topological polar surface area (TPSA) is 76.9 Å². The molecule has 0 fully saturated rings. The van der Waals surface area contributed by atoms with Crippen LogP contribution in [0.15, 0.2) is 64.2 Å². The second kappa shape index (κ2) is 9.84. The van der Waals surface area contributed by atoms with Crippen LogP contribution in [0, 0.1) is 0 Å². The summed E-state index contributed by atoms with van der Waals surface area (Å²) in [5.74, 6) is 0.795. The minimum atomic E-state index is -0.313. The van der Waals surface area contributed by atoms with E-state index >= 15 is 0 Å². The van der Waals surface area contributed by atoms with E-state index in [0.717, 1.165) is 4.47 Å². The molecule has 0 radical (unpaired) electrons. The number of Topliss-reactive ketones (excluding diaryl/α,β-unsaturated/α-hetero) is 1. The summed E-state index contributed by atoms with van der Waals surface area (Å²) in [4.78, 5) is 24.8. The number of carbonyl (C=O) groups excluding carboxylic acids is 2. The van der Waals surface area contributed by atoms with Crippen LogP contribution in [0.4, 0.5) is 0 Å². The zero-order valence-electron chi connectivity index (χ0n) is 16.1. The van der Waals surface area contributed by atoms with Gasteiger partial charge < -0.3 is 9.88 Å². The monoisotopic (exact) mass is 472 g/mol. The molecule has 2 aromatic carbocycles. The van der Waals surface area contributed by atoms with Crippen molar-refractivity contribution in [2.24, 2.45) is 0 Å². The molecule has 0 spiro atoms. The maximum Gasteiger partial charge on any atom is 0.251 e. The van der Waals surface area contributed by atoms with Crippen LogP contribution in [0.5, 0.6) is 0 Å². The van der Waals surface area contributed by atoms with Gasteiger partial charge in [-0.15, -0.1) is 10.2 Å². The molecule has 1 aromatic heterocycles. The van der Waals surface area contributed by atoms with Crippen LogP contribution >= 0.6 is 27.7 Å². The molecule has 8 heteroatoms. The highest BCUT2D eigenvalue weighted by Gasteiger charge is 2.20. The van der Waals surface area contributed by atoms with E-state index in [2.05, 4.69) is 31.4 Å². The second-order valence-electron chi connectivity index (χ2n) is 6.36. The number of rotatable bonds is 8. The zero-order valence-corrected chi connectivity index (χ0v) is 18.5. The van der Waals surface area contributed by atoms with Crippen LogP contribution < -0.4 is 5.32 Å². The number of aromatic nitrogens is 3. The quantitative estimate of drug-likeness (QED) is 0.385. The maximum atomic E-state index is 12.4. The van der Waals surface area contributed by atoms with Crippen molar-refractivity contribution >= 4 is 39.4 Å². The molecule has 1 atom stereocenters. The molecule has 1 heterocycles. The van der Waals surface area contributed by atoms with Crippen LogP contribution in [0.3, 0.4) is 0 Å². The third-order valence-corrected chi connectivity index (χ3v) is 5.83. The highest BCUT2D eigenvalue weighted by molar-refractivity contribution is 9.10. The molecule has 0 saturated carbocycles. The molecule has 29 heavy (non-hydrogen) atoms. The smallest absolute Gasteiger partial charge is 0.251 e. The summed E-state index contributed by atoms with van der Waals surface area (Å²) < 4.78 is 2.86. The van der Waals surface area contributed by atoms with Crippen molar-refractivity contribution < 1.29 is 9.59 Å². The number of ketones is 1. The Morgan fingerprint density at radius 1 is 1.07 bits per heavy atom. The van der Waals surface area contributed by atoms with E-state index in [0.29, 0.717) is 28.7 Å². The first-order chi connectivity index (χ1) is 14.0. The first kappa shape index (κ1) is 21.3. The van der Waals surface area contributed by atoms with Gasteiger partial charge in [-0.05, 0) is 38.1 Å². The Morgan fingerprint density at radius 2 is 1.76 bits per heavy atom. The van der Waals surface area contributed by atoms with Crippen molar-refractivity contribution in [2.45, 2.75) is 31.6 Å². The maximum absolute atomic E-state index is 12.4. The standard InChI is InChI=1S/C21H21BrN4O2S/c1-3-26-19(14(2)23-20(28)16-7-5-4-6-8-16)24-25-21(26)29-13-18(27)15-9-11-17(22)12-10-15/h4-12,14H,3,13H2,1-2H3,(H,23,28)/t14-/m1/s1. The molecule has 3 aromatic rings. The van der Waals surface area contributed by atoms with Gasteiger partial charge in [-0.1, -0.05) is 58.0 Å². The number of amides is 1. The van der Waals surface area contributed by atoms with Crippen LogP contribution in [0.1, 0.15) is 46.4 Å². The van der Waals surface area contributed by atoms with Crippen molar-refractivity contribution in [3.63, 3.8) is 0 Å². The molecule has 0 aliphatic carbocycles. The number of carbonyl (C=O) groups is 2. The number of hydrogen-bond donors (Lipinski definition) is 1. The number of nitrogens with one attached hydrogen (secondary N) is 1. The number of nitrogens with zero attached hydrogens (tertiary/aromatic N) is 3. The van der Waals surface area contributed by atoms with Crippen LogP contribution in [-0.4, -0.2) is 32.2 Å². The van der Waals surface area contributed by atoms with E-state index in [1.54, 1.807) is 24.3 Å². The first-order valence-corrected chi connectivity index (χ1v) is 11.0. The molecule has 0 bridgehead atoms. The number of halogens is 1. The predicted octanol–water partition coefficient (Wildman–Crippen LogP) is 4.53. The van der Waals surface area contributed by atoms with Gasteiger partial charge in [0, 0.05) is 22.1 Å². The van der Waals surface area contributed by atoms with Gasteiger partial charge in [0.25, 0.3) is 5.91 Å². The molecule has 0 aliphatic heterocycles. The highest BCUT2D eigenvalue weighted by atomic mass is 79.9. The minimum absolute atomic E-state index is 0.0279. The summed E-state index contributed by atoms with van der Waals surface area (Å²) in [5, 5.41) is 12.1. The molecule has 3 rings (SSSR count). The number of benzene rings is 2. The van der Waals surface area contributed by atoms with E-state index < -0.39 is 0 Å². The third kappa shape index (κ3) is 5.33. The van der Waals surface area contributed by atoms with Crippen LogP contribution in [-0.2, 0) is 6.54 Å². The SMILES string of the molecule is CCn1c(SCC(=O)c2ccc(Br)cc2)nnc1[C@@H](C)NC(=O)c1ccccc1. The lowest BCUT2D eigenvalue weighted by Gasteiger charge is -2.15. The molecule has 0 aliphatic rings. The third-order valence-electron chi connectivity index (χ3n) is 4.33. The number of hydrogen-bond acceptors (Lipinski definition) is 5. The fourth-order valence-electron chi connectivity index (χ4n) is 2.81. The van der Waals surface area contributed by atoms with Crippen molar-refractivity contribution in [1.29, 1.82) is 0 Å². The summed E-state index contributed by atoms with van der Waals surface area (Å²) in [6, 6.07) is 16.0. The Labute approximate surface area is 182 Å². The lowest BCUT2D eigenvalue weighted by molar-refractivity contribution is 0.0936. The highest BCUT2D eigenvalue weighted by Crippen LogP contribution is 2.22. The fraction of sp³-hybridized carbons (Fsp3) is 0.238. The molecule has 6 nitrogen and oxygen atoms in total. The Kier molecular flexibility index (Phi) is 7.22. The molecule has 1 N–H and O–H groups in total. The van der Waals surface area contributed by atoms with E-state index in [1.807, 2.05) is 48.7 Å². The average molecular weight is 473 g/mol. The van der Waals surface area contributed by atoms with E-state index in [1.165, 1.54) is 11.8 Å². The van der Waals surface area contributed by atoms with Gasteiger partial charge in [-0.25, -0.2) is 0 Å². The largest absolute Gasteiger partial charge is 0.342 e. The van der Waals surface area contributed by atoms with Gasteiger partial charge in [0.15, 0.2) is 16.8 Å². The van der Waals surface area contributed by atoms with E-state index in [-0.39, 0.29) is 23.5 Å². The molecule has 1 amide bonds. The summed E-state index contributed by atoms with van der Waals surface area (Å²) >= 11 is 4.72. The van der Waals surface area contributed by atoms with Gasteiger partial charge in [0.1, 0.15) is 0 Å². The lowest BCUT2D eigenvalue weighted by atomic mass is 10.2. The Balaban J connectivity index is 1.67. The van der Waals surface area contributed by atoms with Crippen molar-refractivity contribution in [3.05, 3.63) is 76.0 Å². The van der Waals surface area contributed by atoms with Gasteiger partial charge in [0.05, 0.1) is 11.8 Å². The minimum Gasteiger partial charge on any atom is -0.342 e. The predicted molar refractivity (Wildman–Crippen MR) is 117 cm³/mol. The first-order valence-electron chi connectivity index (χ1n) is 9.20. The van der Waals surface area contributed by atoms with Gasteiger partial charge in [-0.3, -0.25) is 9.59 Å². The lowest BCUT2D eigenvalue weighted by Crippen LogP contribution is -2.28. The Morgan fingerprint density at radius 3 is 2.41 bits per heavy atom. The van der Waals surface area contributed by atoms with Crippen LogP contribution in [0.2, 0.25) is 0 Å². The molecule has 0 saturated heterocycles. The Hall–Kier alpha value is -2.45. The molecule has 0 unspecified atom stereocenters. The molecule has 150 valence electrons. The Bertz CT molecular complexity index is 990. The van der Waals surface area contributed by atoms with E-state index in [4.69, 9.17) is 0 Å². The van der Waals surface area contributed by atoms with Gasteiger partial charge in [0.2, 0.25) is 0 Å². The second-order valence-corrected chi connectivity index (χ2v) is 8.22. The number of thioether (sulfide) groups is 1. The average Bonchev–Trinajstić information content (AvgIpc) is 3.16. The van der Waals surface area contributed by atoms with Gasteiger partial charge >= 0.3 is 0 Å². The molecular weight excluding hydrogens is 452 g/mol. The summed E-state index contributed by atoms with van der Waals surface area (Å²) in [7, 11) is 0. The molecular formula is C21H21BrN4O2S.